The van der Waals surface area contributed by atoms with Gasteiger partial charge in [0.2, 0.25) is 0 Å². The number of rotatable bonds is 2. The highest BCUT2D eigenvalue weighted by atomic mass is 16.2. The first kappa shape index (κ1) is 20.0. The van der Waals surface area contributed by atoms with Crippen LogP contribution in [0.15, 0.2) is 17.4 Å². The van der Waals surface area contributed by atoms with Gasteiger partial charge < -0.3 is 17.2 Å². The summed E-state index contributed by atoms with van der Waals surface area (Å²) in [5.74, 6) is 3.52. The largest absolute Gasteiger partial charge is 0.383 e. The van der Waals surface area contributed by atoms with Crippen LogP contribution < -0.4 is 28.7 Å². The quantitative estimate of drug-likeness (QED) is 0.188. The molecule has 3 amide bonds. The van der Waals surface area contributed by atoms with Crippen LogP contribution >= 0.6 is 0 Å². The van der Waals surface area contributed by atoms with Crippen LogP contribution in [0.2, 0.25) is 0 Å². The second-order valence-electron chi connectivity index (χ2n) is 5.25. The molecule has 0 saturated heterocycles. The van der Waals surface area contributed by atoms with Gasteiger partial charge in [-0.25, -0.2) is 34.4 Å². The van der Waals surface area contributed by atoms with Gasteiger partial charge >= 0.3 is 11.7 Å². The lowest BCUT2D eigenvalue weighted by Gasteiger charge is -2.10. The molecule has 148 valence electrons. The predicted molar refractivity (Wildman–Crippen MR) is 92.4 cm³/mol. The Labute approximate surface area is 155 Å². The number of nitrogens with two attached hydrogens (primary N) is 4. The molecule has 0 fully saturated rings. The van der Waals surface area contributed by atoms with E-state index in [0.29, 0.717) is 0 Å². The number of nitrogens with zero attached hydrogens (tertiary/aromatic N) is 8. The van der Waals surface area contributed by atoms with Crippen LogP contribution in [0.3, 0.4) is 0 Å². The molecular formula is C12H16N12O4. The van der Waals surface area contributed by atoms with E-state index in [1.165, 1.54) is 20.4 Å². The average Bonchev–Trinajstić information content (AvgIpc) is 3.22. The molecule has 0 unspecified atom stereocenters. The van der Waals surface area contributed by atoms with E-state index in [4.69, 9.17) is 23.0 Å². The number of amides is 3. The maximum atomic E-state index is 11.4. The normalized spacial score (nSPS) is 10.2. The molecule has 3 aromatic heterocycles. The molecule has 16 nitrogen and oxygen atoms in total. The van der Waals surface area contributed by atoms with Gasteiger partial charge in [-0.3, -0.25) is 14.6 Å². The number of imidazole rings is 2. The molecule has 8 N–H and O–H groups in total. The number of fused-ring (bicyclic) bond motifs is 1. The Hall–Kier alpha value is -4.34. The lowest BCUT2D eigenvalue weighted by atomic mass is 10.4. The molecule has 3 rings (SSSR count). The second-order valence-corrected chi connectivity index (χ2v) is 5.25. The highest BCUT2D eigenvalue weighted by Gasteiger charge is 2.18. The third kappa shape index (κ3) is 3.60. The van der Waals surface area contributed by atoms with Crippen LogP contribution in [-0.4, -0.2) is 63.8 Å². The molecule has 0 aliphatic carbocycles. The Morgan fingerprint density at radius 1 is 1.07 bits per heavy atom. The number of carbonyl (C=O) groups is 3. The van der Waals surface area contributed by atoms with E-state index in [9.17, 15) is 19.2 Å². The van der Waals surface area contributed by atoms with E-state index < -0.39 is 23.5 Å². The minimum atomic E-state index is -0.797. The van der Waals surface area contributed by atoms with Crippen molar-refractivity contribution in [1.82, 2.24) is 38.9 Å². The zero-order chi connectivity index (χ0) is 21.2. The molecule has 0 aromatic carbocycles. The topological polar surface area (TPSA) is 241 Å². The van der Waals surface area contributed by atoms with Crippen molar-refractivity contribution in [3.8, 4) is 0 Å². The SMILES string of the molecule is CN(N)C(=O)n1cnc(C(N)=O)c1N.Cn1nnc2c(C(N)=O)ncn2c1=O. The zero-order valence-electron chi connectivity index (χ0n) is 14.7. The second kappa shape index (κ2) is 7.50. The van der Waals surface area contributed by atoms with Crippen LogP contribution in [0.5, 0.6) is 0 Å². The van der Waals surface area contributed by atoms with Gasteiger partial charge in [0.25, 0.3) is 11.8 Å². The Morgan fingerprint density at radius 2 is 1.64 bits per heavy atom. The molecule has 0 aliphatic rings. The summed E-state index contributed by atoms with van der Waals surface area (Å²) in [5.41, 5.74) is 14.8. The molecule has 3 heterocycles. The van der Waals surface area contributed by atoms with E-state index in [-0.39, 0.29) is 22.9 Å². The maximum Gasteiger partial charge on any atom is 0.352 e. The number of primary amides is 2. The highest BCUT2D eigenvalue weighted by molar-refractivity contribution is 5.97. The van der Waals surface area contributed by atoms with Crippen LogP contribution in [0.25, 0.3) is 5.65 Å². The third-order valence-corrected chi connectivity index (χ3v) is 3.28. The lowest BCUT2D eigenvalue weighted by molar-refractivity contribution is 0.0988. The third-order valence-electron chi connectivity index (χ3n) is 3.28. The standard InChI is InChI=1S/C6H6N6O2.C6H10N6O2/c1-11-6(14)12-2-8-3(4(7)13)5(12)9-10-11;1-11(9)6(14)12-2-10-3(4(12)7)5(8)13/h2H,1H3,(H2,7,13);2H,7,9H2,1H3,(H2,8,13). The maximum absolute atomic E-state index is 11.4. The van der Waals surface area contributed by atoms with Gasteiger partial charge in [0.15, 0.2) is 17.0 Å². The van der Waals surface area contributed by atoms with Crippen LogP contribution in [0.1, 0.15) is 21.0 Å². The first-order chi connectivity index (χ1) is 13.1. The number of carbonyl (C=O) groups excluding carboxylic acids is 3. The predicted octanol–water partition coefficient (Wildman–Crippen LogP) is -3.74. The molecule has 0 saturated carbocycles. The van der Waals surface area contributed by atoms with Gasteiger partial charge in [0, 0.05) is 14.1 Å². The summed E-state index contributed by atoms with van der Waals surface area (Å²) < 4.78 is 3.06. The van der Waals surface area contributed by atoms with Crippen molar-refractivity contribution in [3.63, 3.8) is 0 Å². The fourth-order valence-electron chi connectivity index (χ4n) is 1.93. The number of aromatic nitrogens is 7. The monoisotopic (exact) mass is 392 g/mol. The van der Waals surface area contributed by atoms with E-state index in [1.807, 2.05) is 0 Å². The summed E-state index contributed by atoms with van der Waals surface area (Å²) in [7, 11) is 2.78. The lowest BCUT2D eigenvalue weighted by Crippen LogP contribution is -2.37. The van der Waals surface area contributed by atoms with Crippen molar-refractivity contribution in [3.05, 3.63) is 34.5 Å². The molecule has 0 radical (unpaired) electrons. The molecule has 0 spiro atoms. The number of anilines is 1. The summed E-state index contributed by atoms with van der Waals surface area (Å²) in [5, 5.41) is 7.95. The summed E-state index contributed by atoms with van der Waals surface area (Å²) in [6.07, 6.45) is 2.27. The Balaban J connectivity index is 0.000000200. The van der Waals surface area contributed by atoms with Crippen LogP contribution in [0.4, 0.5) is 10.6 Å². The summed E-state index contributed by atoms with van der Waals surface area (Å²) in [6, 6.07) is -0.609. The van der Waals surface area contributed by atoms with Crippen LogP contribution in [-0.2, 0) is 7.05 Å². The number of nitrogen functional groups attached to an aromatic ring is 1. The van der Waals surface area contributed by atoms with Gasteiger partial charge in [0.1, 0.15) is 18.5 Å². The van der Waals surface area contributed by atoms with Crippen molar-refractivity contribution in [2.45, 2.75) is 0 Å². The molecule has 0 atom stereocenters. The van der Waals surface area contributed by atoms with Gasteiger partial charge in [-0.2, -0.15) is 4.68 Å². The number of hydrogen-bond acceptors (Lipinski definition) is 10. The zero-order valence-corrected chi connectivity index (χ0v) is 14.7. The molecule has 16 heteroatoms. The van der Waals surface area contributed by atoms with Crippen molar-refractivity contribution in [2.75, 3.05) is 12.8 Å². The molecule has 28 heavy (non-hydrogen) atoms. The van der Waals surface area contributed by atoms with Crippen molar-refractivity contribution in [1.29, 1.82) is 0 Å². The molecule has 0 bridgehead atoms. The molecular weight excluding hydrogens is 376 g/mol. The number of aryl methyl sites for hydroxylation is 1. The van der Waals surface area contributed by atoms with E-state index >= 15 is 0 Å². The first-order valence-electron chi connectivity index (χ1n) is 7.28. The minimum Gasteiger partial charge on any atom is -0.383 e. The summed E-state index contributed by atoms with van der Waals surface area (Å²) in [6.45, 7) is 0. The van der Waals surface area contributed by atoms with Crippen LogP contribution in [0, 0.1) is 0 Å². The van der Waals surface area contributed by atoms with E-state index in [1.54, 1.807) is 0 Å². The Kier molecular flexibility index (Phi) is 5.35. The van der Waals surface area contributed by atoms with Crippen molar-refractivity contribution < 1.29 is 14.4 Å². The first-order valence-corrected chi connectivity index (χ1v) is 7.28. The average molecular weight is 392 g/mol. The van der Waals surface area contributed by atoms with Crippen molar-refractivity contribution >= 4 is 29.3 Å². The smallest absolute Gasteiger partial charge is 0.352 e. The van der Waals surface area contributed by atoms with Gasteiger partial charge in [-0.1, -0.05) is 5.21 Å². The van der Waals surface area contributed by atoms with E-state index in [2.05, 4.69) is 20.3 Å². The van der Waals surface area contributed by atoms with Gasteiger partial charge in [0.05, 0.1) is 0 Å². The molecule has 0 aliphatic heterocycles. The minimum absolute atomic E-state index is 0.0600. The van der Waals surface area contributed by atoms with Gasteiger partial charge in [-0.15, -0.1) is 5.10 Å². The summed E-state index contributed by atoms with van der Waals surface area (Å²) in [4.78, 5) is 51.5. The highest BCUT2D eigenvalue weighted by Crippen LogP contribution is 2.09. The number of hydrazine groups is 1. The summed E-state index contributed by atoms with van der Waals surface area (Å²) >= 11 is 0. The van der Waals surface area contributed by atoms with E-state index in [0.717, 1.165) is 25.0 Å². The Morgan fingerprint density at radius 3 is 2.14 bits per heavy atom. The van der Waals surface area contributed by atoms with Gasteiger partial charge in [-0.05, 0) is 0 Å². The fraction of sp³-hybridized carbons (Fsp3) is 0.167. The number of hydrogen-bond donors (Lipinski definition) is 4. The fourth-order valence-corrected chi connectivity index (χ4v) is 1.93. The molecule has 3 aromatic rings. The Bertz CT molecular complexity index is 1120. The van der Waals surface area contributed by atoms with Crippen molar-refractivity contribution in [2.24, 2.45) is 24.4 Å².